The number of benzene rings is 2. The summed E-state index contributed by atoms with van der Waals surface area (Å²) in [5.74, 6) is 1.43. The highest BCUT2D eigenvalue weighted by molar-refractivity contribution is 7.90. The van der Waals surface area contributed by atoms with Crippen LogP contribution in [0.1, 0.15) is 28.8 Å². The Hall–Kier alpha value is -4.22. The Bertz CT molecular complexity index is 1830. The Morgan fingerprint density at radius 1 is 0.974 bits per heavy atom. The van der Waals surface area contributed by atoms with Gasteiger partial charge >= 0.3 is 0 Å². The fraction of sp³-hybridized carbons (Fsp3) is 0.214. The van der Waals surface area contributed by atoms with Crippen molar-refractivity contribution in [3.05, 3.63) is 83.5 Å². The summed E-state index contributed by atoms with van der Waals surface area (Å²) in [6.07, 6.45) is 6.19. The Balaban J connectivity index is 1.79. The number of rotatable bonds is 6. The van der Waals surface area contributed by atoms with Crippen molar-refractivity contribution < 1.29 is 22.3 Å². The van der Waals surface area contributed by atoms with Crippen molar-refractivity contribution in [2.24, 2.45) is 0 Å². The van der Waals surface area contributed by atoms with Crippen LogP contribution in [0.25, 0.3) is 39.4 Å². The molecule has 0 aliphatic heterocycles. The monoisotopic (exact) mass is 547 g/mol. The summed E-state index contributed by atoms with van der Waals surface area (Å²) in [5.41, 5.74) is 3.97. The van der Waals surface area contributed by atoms with E-state index in [9.17, 15) is 17.9 Å². The van der Waals surface area contributed by atoms with Gasteiger partial charge in [-0.25, -0.2) is 32.7 Å². The lowest BCUT2D eigenvalue weighted by atomic mass is 9.97. The highest BCUT2D eigenvalue weighted by Crippen LogP contribution is 2.39. The minimum absolute atomic E-state index is 0.263. The summed E-state index contributed by atoms with van der Waals surface area (Å²) >= 11 is 0. The van der Waals surface area contributed by atoms with Crippen molar-refractivity contribution in [2.75, 3.05) is 6.26 Å². The van der Waals surface area contributed by atoms with E-state index in [1.165, 1.54) is 12.1 Å². The summed E-state index contributed by atoms with van der Waals surface area (Å²) < 4.78 is 47.8. The smallest absolute Gasteiger partial charge is 0.192 e. The molecule has 3 heterocycles. The first-order chi connectivity index (χ1) is 18.5. The third-order valence-electron chi connectivity index (χ3n) is 6.34. The second kappa shape index (κ2) is 9.83. The number of aromatic nitrogens is 5. The van der Waals surface area contributed by atoms with Gasteiger partial charge < -0.3 is 14.1 Å². The SMILES string of the molecule is Cc1cn(-c2ccc(-c3cc(F)c(CO)c(S(C)(=O)=O)c3)cc2-c2nc(C)oc2-c2cnc(C)nc2)c(C)n1. The second-order valence-corrected chi connectivity index (χ2v) is 11.3. The molecule has 11 heteroatoms. The maximum atomic E-state index is 15.0. The number of aliphatic hydroxyl groups excluding tert-OH is 1. The molecule has 0 amide bonds. The lowest BCUT2D eigenvalue weighted by molar-refractivity contribution is 0.272. The van der Waals surface area contributed by atoms with Crippen molar-refractivity contribution in [1.82, 2.24) is 24.5 Å². The van der Waals surface area contributed by atoms with E-state index >= 15 is 0 Å². The van der Waals surface area contributed by atoms with E-state index in [1.807, 2.05) is 30.7 Å². The van der Waals surface area contributed by atoms with Crippen LogP contribution in [0.2, 0.25) is 0 Å². The summed E-state index contributed by atoms with van der Waals surface area (Å²) in [6, 6.07) is 8.01. The maximum absolute atomic E-state index is 15.0. The van der Waals surface area contributed by atoms with Gasteiger partial charge in [-0.05, 0) is 56.2 Å². The average molecular weight is 548 g/mol. The molecule has 5 aromatic rings. The molecule has 9 nitrogen and oxygen atoms in total. The van der Waals surface area contributed by atoms with Crippen molar-refractivity contribution in [1.29, 1.82) is 0 Å². The second-order valence-electron chi connectivity index (χ2n) is 9.33. The summed E-state index contributed by atoms with van der Waals surface area (Å²) in [4.78, 5) is 17.5. The molecule has 3 aromatic heterocycles. The zero-order chi connectivity index (χ0) is 28.1. The molecule has 0 aliphatic rings. The van der Waals surface area contributed by atoms with Crippen molar-refractivity contribution in [3.8, 4) is 39.4 Å². The highest BCUT2D eigenvalue weighted by Gasteiger charge is 2.23. The van der Waals surface area contributed by atoms with Crippen LogP contribution in [-0.4, -0.2) is 44.3 Å². The van der Waals surface area contributed by atoms with Crippen LogP contribution in [0.5, 0.6) is 0 Å². The van der Waals surface area contributed by atoms with Crippen LogP contribution in [0.4, 0.5) is 4.39 Å². The van der Waals surface area contributed by atoms with Gasteiger partial charge in [0, 0.05) is 42.9 Å². The summed E-state index contributed by atoms with van der Waals surface area (Å²) in [7, 11) is -3.81. The fourth-order valence-corrected chi connectivity index (χ4v) is 5.51. The lowest BCUT2D eigenvalue weighted by Gasteiger charge is -2.15. The molecule has 0 atom stereocenters. The number of hydrogen-bond acceptors (Lipinski definition) is 8. The van der Waals surface area contributed by atoms with Crippen molar-refractivity contribution in [2.45, 2.75) is 39.2 Å². The third kappa shape index (κ3) is 4.98. The van der Waals surface area contributed by atoms with Gasteiger partial charge in [-0.3, -0.25) is 0 Å². The molecule has 2 aromatic carbocycles. The van der Waals surface area contributed by atoms with Crippen LogP contribution in [0.3, 0.4) is 0 Å². The van der Waals surface area contributed by atoms with E-state index in [0.717, 1.165) is 23.5 Å². The number of halogens is 1. The Labute approximate surface area is 225 Å². The van der Waals surface area contributed by atoms with Crippen LogP contribution in [0, 0.1) is 33.5 Å². The summed E-state index contributed by atoms with van der Waals surface area (Å²) in [5, 5.41) is 9.62. The van der Waals surface area contributed by atoms with Crippen LogP contribution in [-0.2, 0) is 16.4 Å². The van der Waals surface area contributed by atoms with E-state index in [-0.39, 0.29) is 10.5 Å². The molecular formula is C28H26FN5O4S. The first-order valence-electron chi connectivity index (χ1n) is 12.0. The van der Waals surface area contributed by atoms with Gasteiger partial charge in [0.25, 0.3) is 0 Å². The molecule has 0 aliphatic carbocycles. The van der Waals surface area contributed by atoms with Gasteiger partial charge in [-0.1, -0.05) is 6.07 Å². The normalized spacial score (nSPS) is 11.8. The van der Waals surface area contributed by atoms with Crippen LogP contribution < -0.4 is 0 Å². The van der Waals surface area contributed by atoms with E-state index in [1.54, 1.807) is 38.4 Å². The molecule has 0 saturated carbocycles. The number of imidazole rings is 1. The maximum Gasteiger partial charge on any atom is 0.192 e. The van der Waals surface area contributed by atoms with E-state index in [0.29, 0.717) is 45.4 Å². The minimum Gasteiger partial charge on any atom is -0.440 e. The molecule has 5 rings (SSSR count). The van der Waals surface area contributed by atoms with Crippen molar-refractivity contribution >= 4 is 9.84 Å². The number of sulfone groups is 1. The molecule has 0 fully saturated rings. The Kier molecular flexibility index (Phi) is 6.65. The largest absolute Gasteiger partial charge is 0.440 e. The number of nitrogens with zero attached hydrogens (tertiary/aromatic N) is 5. The molecule has 0 bridgehead atoms. The molecule has 0 radical (unpaired) electrons. The zero-order valence-corrected chi connectivity index (χ0v) is 22.8. The Morgan fingerprint density at radius 2 is 1.69 bits per heavy atom. The fourth-order valence-electron chi connectivity index (χ4n) is 4.55. The summed E-state index contributed by atoms with van der Waals surface area (Å²) in [6.45, 7) is 6.56. The van der Waals surface area contributed by atoms with Gasteiger partial charge in [-0.2, -0.15) is 0 Å². The number of aryl methyl sites for hydroxylation is 4. The molecule has 0 unspecified atom stereocenters. The minimum atomic E-state index is -3.81. The topological polar surface area (TPSA) is 124 Å². The predicted molar refractivity (Wildman–Crippen MR) is 143 cm³/mol. The van der Waals surface area contributed by atoms with Gasteiger partial charge in [0.05, 0.1) is 28.4 Å². The highest BCUT2D eigenvalue weighted by atomic mass is 32.2. The van der Waals surface area contributed by atoms with E-state index in [4.69, 9.17) is 4.42 Å². The van der Waals surface area contributed by atoms with Gasteiger partial charge in [0.15, 0.2) is 21.5 Å². The average Bonchev–Trinajstić information content (AvgIpc) is 3.43. The predicted octanol–water partition coefficient (Wildman–Crippen LogP) is 4.92. The molecule has 0 spiro atoms. The first-order valence-corrected chi connectivity index (χ1v) is 13.9. The van der Waals surface area contributed by atoms with Crippen molar-refractivity contribution in [3.63, 3.8) is 0 Å². The number of oxazole rings is 1. The molecule has 39 heavy (non-hydrogen) atoms. The molecule has 200 valence electrons. The zero-order valence-electron chi connectivity index (χ0n) is 22.0. The third-order valence-corrected chi connectivity index (χ3v) is 7.50. The molecule has 0 saturated heterocycles. The number of aliphatic hydroxyl groups is 1. The first kappa shape index (κ1) is 26.4. The molecule has 1 N–H and O–H groups in total. The quantitative estimate of drug-likeness (QED) is 0.318. The van der Waals surface area contributed by atoms with Gasteiger partial charge in [0.1, 0.15) is 23.2 Å². The molecular weight excluding hydrogens is 521 g/mol. The standard InChI is InChI=1S/C28H26FN5O4S/c1-15-13-34(17(3)32-15)25-7-6-19(20-9-24(29)23(14-35)26(10-20)39(5,36)37)8-22(25)27-28(38-18(4)33-27)21-11-30-16(2)31-12-21/h6-13,35H,14H2,1-5H3. The van der Waals surface area contributed by atoms with E-state index < -0.39 is 22.3 Å². The number of hydrogen-bond donors (Lipinski definition) is 1. The van der Waals surface area contributed by atoms with Crippen LogP contribution >= 0.6 is 0 Å². The van der Waals surface area contributed by atoms with E-state index in [2.05, 4.69) is 19.9 Å². The van der Waals surface area contributed by atoms with Gasteiger partial charge in [-0.15, -0.1) is 0 Å². The Morgan fingerprint density at radius 3 is 2.31 bits per heavy atom. The lowest BCUT2D eigenvalue weighted by Crippen LogP contribution is -2.06. The van der Waals surface area contributed by atoms with Crippen LogP contribution in [0.15, 0.2) is 58.2 Å². The van der Waals surface area contributed by atoms with Gasteiger partial charge in [0.2, 0.25) is 0 Å².